The molecule has 1 amide bonds. The van der Waals surface area contributed by atoms with Crippen molar-refractivity contribution in [1.82, 2.24) is 14.7 Å². The third kappa shape index (κ3) is 3.07. The van der Waals surface area contributed by atoms with Crippen molar-refractivity contribution >= 4 is 5.91 Å². The molecule has 1 aliphatic carbocycles. The van der Waals surface area contributed by atoms with Gasteiger partial charge < -0.3 is 14.7 Å². The first-order valence-electron chi connectivity index (χ1n) is 10.1. The van der Waals surface area contributed by atoms with Crippen LogP contribution in [0.2, 0.25) is 0 Å². The lowest BCUT2D eigenvalue weighted by atomic mass is 9.67. The van der Waals surface area contributed by atoms with E-state index in [1.165, 1.54) is 0 Å². The van der Waals surface area contributed by atoms with E-state index in [1.54, 1.807) is 0 Å². The van der Waals surface area contributed by atoms with Gasteiger partial charge in [0.05, 0.1) is 24.0 Å². The number of amides is 1. The van der Waals surface area contributed by atoms with Crippen LogP contribution in [0.3, 0.4) is 0 Å². The highest BCUT2D eigenvalue weighted by Crippen LogP contribution is 2.45. The second-order valence-corrected chi connectivity index (χ2v) is 8.65. The zero-order chi connectivity index (χ0) is 18.5. The van der Waals surface area contributed by atoms with Crippen molar-refractivity contribution in [2.75, 3.05) is 13.1 Å². The highest BCUT2D eigenvalue weighted by Gasteiger charge is 2.40. The first kappa shape index (κ1) is 18.0. The Labute approximate surface area is 155 Å². The summed E-state index contributed by atoms with van der Waals surface area (Å²) >= 11 is 0. The average molecular weight is 361 g/mol. The number of rotatable bonds is 1. The summed E-state index contributed by atoms with van der Waals surface area (Å²) in [6.07, 6.45) is 6.86. The summed E-state index contributed by atoms with van der Waals surface area (Å²) in [6, 6.07) is 0. The Morgan fingerprint density at radius 2 is 1.85 bits per heavy atom. The SMILES string of the molecule is C[C@@H]1Cc2c(C(=O)N3CCC4(CCC(O)CC4)CC3)nn(C)c2[C@H](C)O1. The molecule has 3 heterocycles. The van der Waals surface area contributed by atoms with Crippen LogP contribution < -0.4 is 0 Å². The molecule has 2 atom stereocenters. The molecule has 3 aliphatic rings. The Morgan fingerprint density at radius 1 is 1.19 bits per heavy atom. The molecule has 1 N–H and O–H groups in total. The monoisotopic (exact) mass is 361 g/mol. The van der Waals surface area contributed by atoms with Crippen molar-refractivity contribution in [3.63, 3.8) is 0 Å². The van der Waals surface area contributed by atoms with E-state index in [4.69, 9.17) is 4.74 Å². The van der Waals surface area contributed by atoms with Gasteiger partial charge in [-0.2, -0.15) is 5.10 Å². The van der Waals surface area contributed by atoms with Gasteiger partial charge in [0.15, 0.2) is 5.69 Å². The zero-order valence-corrected chi connectivity index (χ0v) is 16.2. The lowest BCUT2D eigenvalue weighted by molar-refractivity contribution is -0.00914. The number of aliphatic hydroxyl groups excluding tert-OH is 1. The highest BCUT2D eigenvalue weighted by atomic mass is 16.5. The maximum atomic E-state index is 13.2. The van der Waals surface area contributed by atoms with Crippen LogP contribution in [0.4, 0.5) is 0 Å². The fourth-order valence-electron chi connectivity index (χ4n) is 5.26. The molecule has 2 aliphatic heterocycles. The van der Waals surface area contributed by atoms with Gasteiger partial charge in [-0.25, -0.2) is 0 Å². The van der Waals surface area contributed by atoms with Crippen molar-refractivity contribution < 1.29 is 14.6 Å². The first-order chi connectivity index (χ1) is 12.4. The van der Waals surface area contributed by atoms with Crippen molar-refractivity contribution in [2.24, 2.45) is 12.5 Å². The fraction of sp³-hybridized carbons (Fsp3) is 0.800. The number of carbonyl (C=O) groups excluding carboxylic acids is 1. The molecule has 0 bridgehead atoms. The number of ether oxygens (including phenoxy) is 1. The number of nitrogens with zero attached hydrogens (tertiary/aromatic N) is 3. The standard InChI is InChI=1S/C20H31N3O3/c1-13-12-16-17(21-22(3)18(16)14(2)26-13)19(25)23-10-8-20(9-11-23)6-4-15(24)5-7-20/h13-15,24H,4-12H2,1-3H3/t13-,14+/m1/s1. The smallest absolute Gasteiger partial charge is 0.274 e. The molecule has 2 fully saturated rings. The maximum absolute atomic E-state index is 13.2. The van der Waals surface area contributed by atoms with Crippen LogP contribution in [0.5, 0.6) is 0 Å². The van der Waals surface area contributed by atoms with Crippen LogP contribution in [0.1, 0.15) is 80.2 Å². The molecule has 1 saturated carbocycles. The quantitative estimate of drug-likeness (QED) is 0.835. The average Bonchev–Trinajstić information content (AvgIpc) is 2.94. The molecule has 1 spiro atoms. The topological polar surface area (TPSA) is 67.6 Å². The molecular formula is C20H31N3O3. The predicted octanol–water partition coefficient (Wildman–Crippen LogP) is 2.60. The van der Waals surface area contributed by atoms with E-state index >= 15 is 0 Å². The first-order valence-corrected chi connectivity index (χ1v) is 10.1. The third-order valence-electron chi connectivity index (χ3n) is 6.84. The Balaban J connectivity index is 1.49. The van der Waals surface area contributed by atoms with Crippen LogP contribution >= 0.6 is 0 Å². The summed E-state index contributed by atoms with van der Waals surface area (Å²) < 4.78 is 7.74. The third-order valence-corrected chi connectivity index (χ3v) is 6.84. The molecule has 26 heavy (non-hydrogen) atoms. The van der Waals surface area contributed by atoms with Crippen molar-refractivity contribution in [1.29, 1.82) is 0 Å². The Hall–Kier alpha value is -1.40. The summed E-state index contributed by atoms with van der Waals surface area (Å²) in [6.45, 7) is 5.71. The number of hydrogen-bond acceptors (Lipinski definition) is 4. The summed E-state index contributed by atoms with van der Waals surface area (Å²) in [5.74, 6) is 0.0776. The van der Waals surface area contributed by atoms with E-state index in [9.17, 15) is 9.90 Å². The maximum Gasteiger partial charge on any atom is 0.274 e. The summed E-state index contributed by atoms with van der Waals surface area (Å²) in [5.41, 5.74) is 3.08. The number of aliphatic hydroxyl groups is 1. The lowest BCUT2D eigenvalue weighted by Crippen LogP contribution is -2.45. The van der Waals surface area contributed by atoms with E-state index < -0.39 is 0 Å². The van der Waals surface area contributed by atoms with Crippen LogP contribution in [0.15, 0.2) is 0 Å². The number of carbonyl (C=O) groups is 1. The number of fused-ring (bicyclic) bond motifs is 1. The Bertz CT molecular complexity index is 681. The summed E-state index contributed by atoms with van der Waals surface area (Å²) in [5, 5.41) is 14.4. The van der Waals surface area contributed by atoms with Gasteiger partial charge in [-0.15, -0.1) is 0 Å². The number of likely N-dealkylation sites (tertiary alicyclic amines) is 1. The van der Waals surface area contributed by atoms with Crippen LogP contribution in [0.25, 0.3) is 0 Å². The van der Waals surface area contributed by atoms with Crippen molar-refractivity contribution in [2.45, 2.75) is 77.1 Å². The number of hydrogen-bond donors (Lipinski definition) is 1. The van der Waals surface area contributed by atoms with Crippen LogP contribution in [0, 0.1) is 5.41 Å². The van der Waals surface area contributed by atoms with Gasteiger partial charge in [0, 0.05) is 32.1 Å². The lowest BCUT2D eigenvalue weighted by Gasteiger charge is -2.45. The van der Waals surface area contributed by atoms with Gasteiger partial charge in [0.25, 0.3) is 5.91 Å². The van der Waals surface area contributed by atoms with Gasteiger partial charge in [-0.3, -0.25) is 9.48 Å². The minimum absolute atomic E-state index is 0.0221. The van der Waals surface area contributed by atoms with Gasteiger partial charge in [0.1, 0.15) is 0 Å². The number of aromatic nitrogens is 2. The van der Waals surface area contributed by atoms with Crippen LogP contribution in [-0.4, -0.2) is 51.0 Å². The number of piperidine rings is 1. The van der Waals surface area contributed by atoms with Crippen molar-refractivity contribution in [3.8, 4) is 0 Å². The molecule has 6 heteroatoms. The Kier molecular flexibility index (Phi) is 4.59. The molecule has 1 saturated heterocycles. The highest BCUT2D eigenvalue weighted by molar-refractivity contribution is 5.94. The summed E-state index contributed by atoms with van der Waals surface area (Å²) in [7, 11) is 1.91. The van der Waals surface area contributed by atoms with E-state index in [0.29, 0.717) is 11.1 Å². The molecule has 0 unspecified atom stereocenters. The van der Waals surface area contributed by atoms with E-state index in [1.807, 2.05) is 23.6 Å². The Morgan fingerprint density at radius 3 is 2.50 bits per heavy atom. The second-order valence-electron chi connectivity index (χ2n) is 8.65. The van der Waals surface area contributed by atoms with E-state index in [2.05, 4.69) is 12.0 Å². The predicted molar refractivity (Wildman–Crippen MR) is 97.9 cm³/mol. The largest absolute Gasteiger partial charge is 0.393 e. The molecule has 0 aromatic carbocycles. The fourth-order valence-corrected chi connectivity index (χ4v) is 5.26. The number of aryl methyl sites for hydroxylation is 1. The molecule has 144 valence electrons. The van der Waals surface area contributed by atoms with Gasteiger partial charge in [-0.05, 0) is 57.8 Å². The molecule has 1 aromatic heterocycles. The molecule has 6 nitrogen and oxygen atoms in total. The minimum atomic E-state index is -0.119. The molecule has 0 radical (unpaired) electrons. The normalized spacial score (nSPS) is 29.0. The minimum Gasteiger partial charge on any atom is -0.393 e. The zero-order valence-electron chi connectivity index (χ0n) is 16.2. The van der Waals surface area contributed by atoms with Gasteiger partial charge >= 0.3 is 0 Å². The van der Waals surface area contributed by atoms with Gasteiger partial charge in [-0.1, -0.05) is 0 Å². The van der Waals surface area contributed by atoms with Gasteiger partial charge in [0.2, 0.25) is 0 Å². The van der Waals surface area contributed by atoms with E-state index in [-0.39, 0.29) is 24.2 Å². The molecule has 4 rings (SSSR count). The van der Waals surface area contributed by atoms with Crippen molar-refractivity contribution in [3.05, 3.63) is 17.0 Å². The van der Waals surface area contributed by atoms with Crippen LogP contribution in [-0.2, 0) is 18.2 Å². The molecular weight excluding hydrogens is 330 g/mol. The summed E-state index contributed by atoms with van der Waals surface area (Å²) in [4.78, 5) is 15.2. The van der Waals surface area contributed by atoms with E-state index in [0.717, 1.165) is 69.3 Å². The second kappa shape index (κ2) is 6.64. The molecule has 1 aromatic rings.